The van der Waals surface area contributed by atoms with Gasteiger partial charge in [0.05, 0.1) is 0 Å². The van der Waals surface area contributed by atoms with Crippen LogP contribution in [0.15, 0.2) is 53.7 Å². The van der Waals surface area contributed by atoms with Gasteiger partial charge < -0.3 is 9.88 Å². The third-order valence-electron chi connectivity index (χ3n) is 5.02. The van der Waals surface area contributed by atoms with Crippen molar-refractivity contribution in [2.45, 2.75) is 26.2 Å². The van der Waals surface area contributed by atoms with E-state index in [1.165, 1.54) is 0 Å². The zero-order valence-electron chi connectivity index (χ0n) is 15.5. The Bertz CT molecular complexity index is 1060. The van der Waals surface area contributed by atoms with Crippen LogP contribution < -0.4 is 10.9 Å². The van der Waals surface area contributed by atoms with Gasteiger partial charge in [-0.05, 0) is 65.8 Å². The first-order chi connectivity index (χ1) is 13.0. The molecule has 27 heavy (non-hydrogen) atoms. The lowest BCUT2D eigenvalue weighted by atomic mass is 9.90. The second-order valence-electron chi connectivity index (χ2n) is 7.08. The Labute approximate surface area is 157 Å². The average Bonchev–Trinajstić information content (AvgIpc) is 2.66. The van der Waals surface area contributed by atoms with Gasteiger partial charge in [0.15, 0.2) is 0 Å². The number of anilines is 1. The number of carbonyl (C=O) groups is 1. The minimum Gasteiger partial charge on any atom is -0.326 e. The van der Waals surface area contributed by atoms with E-state index in [2.05, 4.69) is 22.4 Å². The summed E-state index contributed by atoms with van der Waals surface area (Å²) < 4.78 is 1.61. The van der Waals surface area contributed by atoms with Crippen molar-refractivity contribution in [1.82, 2.24) is 9.55 Å². The van der Waals surface area contributed by atoms with Crippen LogP contribution in [-0.4, -0.2) is 15.5 Å². The number of rotatable bonds is 3. The number of nitrogens with one attached hydrogen (secondary N) is 1. The highest BCUT2D eigenvalue weighted by Crippen LogP contribution is 2.33. The van der Waals surface area contributed by atoms with E-state index in [0.717, 1.165) is 46.3 Å². The van der Waals surface area contributed by atoms with Crippen molar-refractivity contribution in [2.75, 3.05) is 5.32 Å². The number of hydrogen-bond acceptors (Lipinski definition) is 3. The molecule has 1 aliphatic rings. The monoisotopic (exact) mass is 359 g/mol. The van der Waals surface area contributed by atoms with Crippen LogP contribution in [-0.2, 0) is 24.7 Å². The summed E-state index contributed by atoms with van der Waals surface area (Å²) in [5.41, 5.74) is 7.00. The molecular formula is C22H21N3O2. The highest BCUT2D eigenvalue weighted by Gasteiger charge is 2.19. The molecule has 136 valence electrons. The molecule has 1 N–H and O–H groups in total. The lowest BCUT2D eigenvalue weighted by Gasteiger charge is -2.21. The number of amides is 1. The molecule has 1 aromatic carbocycles. The molecule has 1 aliphatic heterocycles. The second-order valence-corrected chi connectivity index (χ2v) is 7.08. The number of carbonyl (C=O) groups excluding carboxylic acids is 1. The molecule has 0 spiro atoms. The van der Waals surface area contributed by atoms with E-state index in [1.54, 1.807) is 17.8 Å². The van der Waals surface area contributed by atoms with Crippen LogP contribution in [0.5, 0.6) is 0 Å². The van der Waals surface area contributed by atoms with Gasteiger partial charge in [0.1, 0.15) is 0 Å². The summed E-state index contributed by atoms with van der Waals surface area (Å²) in [7, 11) is 1.76. The molecule has 0 saturated heterocycles. The Morgan fingerprint density at radius 3 is 2.78 bits per heavy atom. The van der Waals surface area contributed by atoms with Gasteiger partial charge in [-0.3, -0.25) is 14.6 Å². The van der Waals surface area contributed by atoms with Crippen LogP contribution in [0.2, 0.25) is 0 Å². The van der Waals surface area contributed by atoms with Gasteiger partial charge in [0.2, 0.25) is 5.91 Å². The average molecular weight is 359 g/mol. The zero-order valence-corrected chi connectivity index (χ0v) is 15.5. The predicted molar refractivity (Wildman–Crippen MR) is 106 cm³/mol. The summed E-state index contributed by atoms with van der Waals surface area (Å²) in [6.07, 6.45) is 7.49. The number of fused-ring (bicyclic) bond motifs is 1. The van der Waals surface area contributed by atoms with Crippen molar-refractivity contribution in [3.63, 3.8) is 0 Å². The van der Waals surface area contributed by atoms with E-state index < -0.39 is 0 Å². The maximum Gasteiger partial charge on any atom is 0.253 e. The number of pyridine rings is 2. The molecule has 5 nitrogen and oxygen atoms in total. The van der Waals surface area contributed by atoms with Crippen LogP contribution in [0.4, 0.5) is 5.69 Å². The summed E-state index contributed by atoms with van der Waals surface area (Å²) in [5, 5.41) is 2.98. The number of hydrogen-bond donors (Lipinski definition) is 1. The molecule has 4 rings (SSSR count). The molecular weight excluding hydrogens is 338 g/mol. The third kappa shape index (κ3) is 3.40. The number of benzene rings is 1. The Hall–Kier alpha value is -3.21. The van der Waals surface area contributed by atoms with Crippen LogP contribution >= 0.6 is 0 Å². The molecule has 0 bridgehead atoms. The van der Waals surface area contributed by atoms with Crippen molar-refractivity contribution >= 4 is 11.6 Å². The fraction of sp³-hybridized carbons (Fsp3) is 0.227. The zero-order chi connectivity index (χ0) is 19.0. The lowest BCUT2D eigenvalue weighted by Crippen LogP contribution is -2.20. The third-order valence-corrected chi connectivity index (χ3v) is 5.02. The van der Waals surface area contributed by atoms with E-state index >= 15 is 0 Å². The van der Waals surface area contributed by atoms with Crippen molar-refractivity contribution in [3.8, 4) is 11.1 Å². The quantitative estimate of drug-likeness (QED) is 0.781. The summed E-state index contributed by atoms with van der Waals surface area (Å²) in [5.74, 6) is 0.0464. The second kappa shape index (κ2) is 6.83. The van der Waals surface area contributed by atoms with E-state index in [-0.39, 0.29) is 11.5 Å². The Morgan fingerprint density at radius 2 is 2.04 bits per heavy atom. The Balaban J connectivity index is 1.88. The van der Waals surface area contributed by atoms with Crippen molar-refractivity contribution < 1.29 is 4.79 Å². The van der Waals surface area contributed by atoms with Crippen LogP contribution in [0.25, 0.3) is 11.1 Å². The number of aryl methyl sites for hydroxylation is 3. The van der Waals surface area contributed by atoms with Gasteiger partial charge in [0.25, 0.3) is 5.56 Å². The number of nitrogens with zero attached hydrogens (tertiary/aromatic N) is 2. The topological polar surface area (TPSA) is 64.0 Å². The maximum atomic E-state index is 12.1. The van der Waals surface area contributed by atoms with Crippen molar-refractivity contribution in [1.29, 1.82) is 0 Å². The van der Waals surface area contributed by atoms with E-state index in [1.807, 2.05) is 37.5 Å². The van der Waals surface area contributed by atoms with Crippen molar-refractivity contribution in [3.05, 3.63) is 81.5 Å². The standard InChI is InChI=1S/C22H21N3O2/c1-14-8-18(13-25(2)22(14)27)19-11-20-16(5-6-21(26)24-20)10-17(19)9-15-4-3-7-23-12-15/h3-4,7-8,10-13H,5-6,9H2,1-2H3,(H,24,26). The van der Waals surface area contributed by atoms with E-state index in [9.17, 15) is 9.59 Å². The minimum absolute atomic E-state index is 0.00109. The normalized spacial score (nSPS) is 13.2. The highest BCUT2D eigenvalue weighted by molar-refractivity contribution is 5.95. The molecule has 0 unspecified atom stereocenters. The first-order valence-electron chi connectivity index (χ1n) is 9.03. The molecule has 0 aliphatic carbocycles. The molecule has 2 aromatic heterocycles. The summed E-state index contributed by atoms with van der Waals surface area (Å²) in [6.45, 7) is 1.83. The molecule has 5 heteroatoms. The summed E-state index contributed by atoms with van der Waals surface area (Å²) >= 11 is 0. The van der Waals surface area contributed by atoms with Gasteiger partial charge in [-0.2, -0.15) is 0 Å². The molecule has 1 amide bonds. The first kappa shape index (κ1) is 17.2. The lowest BCUT2D eigenvalue weighted by molar-refractivity contribution is -0.116. The van der Waals surface area contributed by atoms with Gasteiger partial charge in [0, 0.05) is 43.3 Å². The maximum absolute atomic E-state index is 12.1. The first-order valence-corrected chi connectivity index (χ1v) is 9.03. The van der Waals surface area contributed by atoms with Gasteiger partial charge in [-0.25, -0.2) is 0 Å². The van der Waals surface area contributed by atoms with Crippen LogP contribution in [0, 0.1) is 6.92 Å². The highest BCUT2D eigenvalue weighted by atomic mass is 16.1. The Morgan fingerprint density at radius 1 is 1.19 bits per heavy atom. The fourth-order valence-electron chi connectivity index (χ4n) is 3.64. The Kier molecular flexibility index (Phi) is 4.36. The number of aromatic nitrogens is 2. The van der Waals surface area contributed by atoms with E-state index in [0.29, 0.717) is 12.0 Å². The van der Waals surface area contributed by atoms with Gasteiger partial charge >= 0.3 is 0 Å². The van der Waals surface area contributed by atoms with E-state index in [4.69, 9.17) is 0 Å². The van der Waals surface area contributed by atoms with Crippen molar-refractivity contribution in [2.24, 2.45) is 7.05 Å². The molecule has 0 atom stereocenters. The van der Waals surface area contributed by atoms with Crippen LogP contribution in [0.3, 0.4) is 0 Å². The van der Waals surface area contributed by atoms with Gasteiger partial charge in [-0.1, -0.05) is 12.1 Å². The molecule has 3 aromatic rings. The van der Waals surface area contributed by atoms with Gasteiger partial charge in [-0.15, -0.1) is 0 Å². The summed E-state index contributed by atoms with van der Waals surface area (Å²) in [4.78, 5) is 28.2. The fourth-order valence-corrected chi connectivity index (χ4v) is 3.64. The molecule has 0 radical (unpaired) electrons. The molecule has 0 fully saturated rings. The van der Waals surface area contributed by atoms with Crippen LogP contribution in [0.1, 0.15) is 28.7 Å². The SMILES string of the molecule is Cc1cc(-c2cc3c(cc2Cc2cccnc2)CCC(=O)N3)cn(C)c1=O. The summed E-state index contributed by atoms with van der Waals surface area (Å²) in [6, 6.07) is 10.1. The smallest absolute Gasteiger partial charge is 0.253 e. The molecule has 0 saturated carbocycles. The largest absolute Gasteiger partial charge is 0.326 e. The predicted octanol–water partition coefficient (Wildman–Crippen LogP) is 3.23. The molecule has 3 heterocycles. The minimum atomic E-state index is -0.00109.